The number of anilines is 2. The van der Waals surface area contributed by atoms with Crippen molar-refractivity contribution in [2.45, 2.75) is 19.3 Å². The van der Waals surface area contributed by atoms with Crippen LogP contribution in [0.1, 0.15) is 19.3 Å². The molecule has 0 aliphatic heterocycles. The van der Waals surface area contributed by atoms with Crippen LogP contribution in [0.2, 0.25) is 0 Å². The number of hydrogen-bond donors (Lipinski definition) is 2. The molecule has 0 atom stereocenters. The third-order valence-electron chi connectivity index (χ3n) is 1.83. The zero-order chi connectivity index (χ0) is 10.2. The molecule has 0 spiro atoms. The molecule has 5 heteroatoms. The average Bonchev–Trinajstić information content (AvgIpc) is 2.58. The van der Waals surface area contributed by atoms with E-state index in [-0.39, 0.29) is 0 Å². The monoisotopic (exact) mass is 215 g/mol. The maximum Gasteiger partial charge on any atom is 0.184 e. The van der Waals surface area contributed by atoms with Crippen molar-refractivity contribution in [3.63, 3.8) is 0 Å². The molecule has 80 valence electrons. The molecule has 0 aliphatic carbocycles. The summed E-state index contributed by atoms with van der Waals surface area (Å²) in [7, 11) is 1.73. The summed E-state index contributed by atoms with van der Waals surface area (Å²) in [6.45, 7) is 1.81. The molecule has 0 aromatic carbocycles. The Kier molecular flexibility index (Phi) is 5.32. The second kappa shape index (κ2) is 6.62. The van der Waals surface area contributed by atoms with Gasteiger partial charge in [0.05, 0.1) is 6.20 Å². The summed E-state index contributed by atoms with van der Waals surface area (Å²) in [6.07, 6.45) is 5.13. The predicted molar refractivity (Wildman–Crippen MR) is 60.7 cm³/mol. The molecule has 0 bridgehead atoms. The van der Waals surface area contributed by atoms with Crippen molar-refractivity contribution >= 4 is 21.5 Å². The summed E-state index contributed by atoms with van der Waals surface area (Å²) >= 11 is 1.49. The lowest BCUT2D eigenvalue weighted by Gasteiger charge is -2.01. The van der Waals surface area contributed by atoms with E-state index in [0.717, 1.165) is 36.1 Å². The fourth-order valence-electron chi connectivity index (χ4n) is 1.11. The molecule has 0 aliphatic rings. The summed E-state index contributed by atoms with van der Waals surface area (Å²) < 4.78 is 4.96. The summed E-state index contributed by atoms with van der Waals surface area (Å²) in [6, 6.07) is 0. The molecule has 1 heterocycles. The molecule has 4 nitrogen and oxygen atoms in total. The second-order valence-corrected chi connectivity index (χ2v) is 4.11. The van der Waals surface area contributed by atoms with Crippen LogP contribution in [0.3, 0.4) is 0 Å². The van der Waals surface area contributed by atoms with Gasteiger partial charge in [-0.25, -0.2) is 4.98 Å². The van der Waals surface area contributed by atoms with E-state index in [4.69, 9.17) is 10.5 Å². The SMILES string of the molecule is COCCCCCNc1ncc(N)s1. The van der Waals surface area contributed by atoms with Crippen molar-refractivity contribution in [3.05, 3.63) is 6.20 Å². The Hall–Kier alpha value is -0.810. The molecule has 14 heavy (non-hydrogen) atoms. The lowest BCUT2D eigenvalue weighted by atomic mass is 10.2. The van der Waals surface area contributed by atoms with Gasteiger partial charge in [0.2, 0.25) is 0 Å². The fraction of sp³-hybridized carbons (Fsp3) is 0.667. The molecule has 1 aromatic heterocycles. The minimum Gasteiger partial charge on any atom is -0.389 e. The number of ether oxygens (including phenoxy) is 1. The molecule has 0 radical (unpaired) electrons. The van der Waals surface area contributed by atoms with E-state index >= 15 is 0 Å². The highest BCUT2D eigenvalue weighted by molar-refractivity contribution is 7.19. The van der Waals surface area contributed by atoms with E-state index in [2.05, 4.69) is 10.3 Å². The number of thiazole rings is 1. The zero-order valence-corrected chi connectivity index (χ0v) is 9.27. The predicted octanol–water partition coefficient (Wildman–Crippen LogP) is 1.95. The number of rotatable bonds is 7. The average molecular weight is 215 g/mol. The number of nitrogens with zero attached hydrogens (tertiary/aromatic N) is 1. The molecule has 0 amide bonds. The third kappa shape index (κ3) is 4.43. The van der Waals surface area contributed by atoms with Crippen LogP contribution in [0, 0.1) is 0 Å². The quantitative estimate of drug-likeness (QED) is 0.682. The Labute approximate surface area is 88.5 Å². The van der Waals surface area contributed by atoms with Crippen molar-refractivity contribution in [2.24, 2.45) is 0 Å². The van der Waals surface area contributed by atoms with Crippen molar-refractivity contribution in [1.29, 1.82) is 0 Å². The van der Waals surface area contributed by atoms with Crippen LogP contribution in [0.5, 0.6) is 0 Å². The number of nitrogen functional groups attached to an aromatic ring is 1. The molecular weight excluding hydrogens is 198 g/mol. The first kappa shape index (κ1) is 11.3. The normalized spacial score (nSPS) is 10.4. The first-order chi connectivity index (χ1) is 6.83. The smallest absolute Gasteiger partial charge is 0.184 e. The molecule has 0 saturated heterocycles. The number of nitrogens with one attached hydrogen (secondary N) is 1. The Morgan fingerprint density at radius 3 is 3.00 bits per heavy atom. The van der Waals surface area contributed by atoms with Gasteiger partial charge >= 0.3 is 0 Å². The van der Waals surface area contributed by atoms with Gasteiger partial charge in [-0.15, -0.1) is 0 Å². The highest BCUT2D eigenvalue weighted by atomic mass is 32.1. The first-order valence-corrected chi connectivity index (χ1v) is 5.58. The maximum atomic E-state index is 5.55. The van der Waals surface area contributed by atoms with E-state index in [1.165, 1.54) is 17.8 Å². The van der Waals surface area contributed by atoms with Crippen LogP contribution >= 0.6 is 11.3 Å². The largest absolute Gasteiger partial charge is 0.389 e. The molecule has 0 saturated carbocycles. The van der Waals surface area contributed by atoms with Crippen LogP contribution in [0.4, 0.5) is 10.1 Å². The van der Waals surface area contributed by atoms with Crippen molar-refractivity contribution in [1.82, 2.24) is 4.98 Å². The molecule has 1 aromatic rings. The van der Waals surface area contributed by atoms with Crippen LogP contribution in [-0.2, 0) is 4.74 Å². The van der Waals surface area contributed by atoms with Gasteiger partial charge in [0.25, 0.3) is 0 Å². The Balaban J connectivity index is 1.99. The van der Waals surface area contributed by atoms with Gasteiger partial charge in [-0.2, -0.15) is 0 Å². The zero-order valence-electron chi connectivity index (χ0n) is 8.45. The second-order valence-electron chi connectivity index (χ2n) is 3.05. The van der Waals surface area contributed by atoms with E-state index in [1.807, 2.05) is 0 Å². The van der Waals surface area contributed by atoms with Crippen LogP contribution in [0.25, 0.3) is 0 Å². The Morgan fingerprint density at radius 1 is 1.50 bits per heavy atom. The van der Waals surface area contributed by atoms with Gasteiger partial charge in [0.1, 0.15) is 5.00 Å². The standard InChI is InChI=1S/C9H17N3OS/c1-13-6-4-2-3-5-11-9-12-7-8(10)14-9/h7H,2-6,10H2,1H3,(H,11,12). The highest BCUT2D eigenvalue weighted by Crippen LogP contribution is 2.19. The Bertz CT molecular complexity index is 252. The van der Waals surface area contributed by atoms with Gasteiger partial charge in [-0.05, 0) is 19.3 Å². The van der Waals surface area contributed by atoms with E-state index in [9.17, 15) is 0 Å². The summed E-state index contributed by atoms with van der Waals surface area (Å²) in [5.41, 5.74) is 5.55. The number of aromatic nitrogens is 1. The molecule has 3 N–H and O–H groups in total. The number of methoxy groups -OCH3 is 1. The minimum atomic E-state index is 0.756. The topological polar surface area (TPSA) is 60.2 Å². The minimum absolute atomic E-state index is 0.756. The van der Waals surface area contributed by atoms with Crippen molar-refractivity contribution < 1.29 is 4.74 Å². The first-order valence-electron chi connectivity index (χ1n) is 4.77. The van der Waals surface area contributed by atoms with Crippen LogP contribution < -0.4 is 11.1 Å². The number of unbranched alkanes of at least 4 members (excludes halogenated alkanes) is 2. The van der Waals surface area contributed by atoms with Gasteiger partial charge in [-0.3, -0.25) is 0 Å². The van der Waals surface area contributed by atoms with Crippen molar-refractivity contribution in [2.75, 3.05) is 31.3 Å². The maximum absolute atomic E-state index is 5.55. The summed E-state index contributed by atoms with van der Waals surface area (Å²) in [5.74, 6) is 0. The van der Waals surface area contributed by atoms with E-state index in [0.29, 0.717) is 0 Å². The lowest BCUT2D eigenvalue weighted by Crippen LogP contribution is -2.01. The number of nitrogens with two attached hydrogens (primary N) is 1. The lowest BCUT2D eigenvalue weighted by molar-refractivity contribution is 0.192. The van der Waals surface area contributed by atoms with E-state index < -0.39 is 0 Å². The fourth-order valence-corrected chi connectivity index (χ4v) is 1.72. The van der Waals surface area contributed by atoms with Gasteiger partial charge in [-0.1, -0.05) is 11.3 Å². The Morgan fingerprint density at radius 2 is 2.36 bits per heavy atom. The van der Waals surface area contributed by atoms with Crippen LogP contribution in [0.15, 0.2) is 6.20 Å². The molecule has 0 unspecified atom stereocenters. The van der Waals surface area contributed by atoms with Crippen molar-refractivity contribution in [3.8, 4) is 0 Å². The molecule has 0 fully saturated rings. The summed E-state index contributed by atoms with van der Waals surface area (Å²) in [5, 5.41) is 4.90. The highest BCUT2D eigenvalue weighted by Gasteiger charge is 1.96. The van der Waals surface area contributed by atoms with Gasteiger partial charge in [0.15, 0.2) is 5.13 Å². The van der Waals surface area contributed by atoms with Gasteiger partial charge < -0.3 is 15.8 Å². The van der Waals surface area contributed by atoms with Crippen LogP contribution in [-0.4, -0.2) is 25.2 Å². The molecule has 1 rings (SSSR count). The van der Waals surface area contributed by atoms with E-state index in [1.54, 1.807) is 13.3 Å². The third-order valence-corrected chi connectivity index (χ3v) is 2.61. The summed E-state index contributed by atoms with van der Waals surface area (Å²) in [4.78, 5) is 4.11. The molecular formula is C9H17N3OS. The number of hydrogen-bond acceptors (Lipinski definition) is 5. The van der Waals surface area contributed by atoms with Gasteiger partial charge in [0, 0.05) is 20.3 Å².